The minimum absolute atomic E-state index is 0.623. The number of hydrogen-bond acceptors (Lipinski definition) is 4. The summed E-state index contributed by atoms with van der Waals surface area (Å²) in [7, 11) is 0. The molecule has 8 rings (SSSR count). The highest BCUT2D eigenvalue weighted by molar-refractivity contribution is 7.26. The van der Waals surface area contributed by atoms with Crippen LogP contribution in [0.15, 0.2) is 121 Å². The van der Waals surface area contributed by atoms with Gasteiger partial charge in [0.2, 0.25) is 0 Å². The average Bonchev–Trinajstić information content (AvgIpc) is 3.61. The highest BCUT2D eigenvalue weighted by atomic mass is 32.1. The van der Waals surface area contributed by atoms with E-state index in [0.29, 0.717) is 11.1 Å². The van der Waals surface area contributed by atoms with Crippen molar-refractivity contribution in [3.05, 3.63) is 132 Å². The number of rotatable bonds is 3. The Morgan fingerprint density at radius 3 is 1.64 bits per heavy atom. The minimum atomic E-state index is 0.623. The van der Waals surface area contributed by atoms with Crippen LogP contribution in [0.4, 0.5) is 0 Å². The lowest BCUT2D eigenvalue weighted by atomic mass is 9.87. The number of thiophene rings is 2. The standard InChI is InChI=1S/C38H20N2S2/c39-21-23-9-11-24(12-10-23)27-18-31(25-14-16-37-33(17-25)29-6-2-4-8-36(29)41-37)34(22-40)32(19-27)26-13-15-30-28-5-1-3-7-35(28)42-38(30)20-26/h1-20H. The van der Waals surface area contributed by atoms with Gasteiger partial charge in [-0.3, -0.25) is 0 Å². The lowest BCUT2D eigenvalue weighted by molar-refractivity contribution is 1.46. The number of benzene rings is 6. The molecule has 2 heterocycles. The van der Waals surface area contributed by atoms with Crippen LogP contribution in [-0.4, -0.2) is 0 Å². The van der Waals surface area contributed by atoms with Crippen LogP contribution in [0.1, 0.15) is 11.1 Å². The first-order valence-corrected chi connectivity index (χ1v) is 15.3. The molecule has 0 fully saturated rings. The molecule has 0 atom stereocenters. The summed E-state index contributed by atoms with van der Waals surface area (Å²) in [6.45, 7) is 0. The van der Waals surface area contributed by atoms with E-state index in [1.54, 1.807) is 22.7 Å². The minimum Gasteiger partial charge on any atom is -0.192 e. The van der Waals surface area contributed by atoms with E-state index in [1.165, 1.54) is 40.3 Å². The quantitative estimate of drug-likeness (QED) is 0.213. The third kappa shape index (κ3) is 3.90. The van der Waals surface area contributed by atoms with Gasteiger partial charge in [-0.1, -0.05) is 66.7 Å². The Hall–Kier alpha value is -5.26. The zero-order chi connectivity index (χ0) is 28.2. The van der Waals surface area contributed by atoms with Crippen LogP contribution in [-0.2, 0) is 0 Å². The zero-order valence-electron chi connectivity index (χ0n) is 22.3. The molecule has 0 unspecified atom stereocenters. The summed E-state index contributed by atoms with van der Waals surface area (Å²) < 4.78 is 4.95. The van der Waals surface area contributed by atoms with Crippen LogP contribution in [0.25, 0.3) is 73.7 Å². The summed E-state index contributed by atoms with van der Waals surface area (Å²) in [5.41, 5.74) is 7.14. The van der Waals surface area contributed by atoms with Gasteiger partial charge in [-0.2, -0.15) is 10.5 Å². The van der Waals surface area contributed by atoms with E-state index in [4.69, 9.17) is 0 Å². The molecular weight excluding hydrogens is 549 g/mol. The van der Waals surface area contributed by atoms with E-state index in [2.05, 4.69) is 109 Å². The van der Waals surface area contributed by atoms with Crippen molar-refractivity contribution in [1.82, 2.24) is 0 Å². The zero-order valence-corrected chi connectivity index (χ0v) is 23.9. The smallest absolute Gasteiger partial charge is 0.100 e. The molecular formula is C38H20N2S2. The van der Waals surface area contributed by atoms with Crippen molar-refractivity contribution in [1.29, 1.82) is 10.5 Å². The van der Waals surface area contributed by atoms with Gasteiger partial charge in [0, 0.05) is 51.5 Å². The molecule has 8 aromatic rings. The Bertz CT molecular complexity index is 2430. The normalized spacial score (nSPS) is 11.3. The second-order valence-corrected chi connectivity index (χ2v) is 12.5. The van der Waals surface area contributed by atoms with Crippen LogP contribution >= 0.6 is 22.7 Å². The predicted molar refractivity (Wildman–Crippen MR) is 178 cm³/mol. The first-order chi connectivity index (χ1) is 20.7. The molecule has 0 bridgehead atoms. The van der Waals surface area contributed by atoms with Crippen LogP contribution in [0, 0.1) is 22.7 Å². The van der Waals surface area contributed by atoms with E-state index in [0.717, 1.165) is 33.4 Å². The second kappa shape index (κ2) is 9.68. The molecule has 0 aliphatic rings. The largest absolute Gasteiger partial charge is 0.192 e. The molecule has 0 spiro atoms. The highest BCUT2D eigenvalue weighted by Crippen LogP contribution is 2.42. The van der Waals surface area contributed by atoms with Crippen LogP contribution in [0.5, 0.6) is 0 Å². The monoisotopic (exact) mass is 568 g/mol. The summed E-state index contributed by atoms with van der Waals surface area (Å²) in [6, 6.07) is 46.7. The molecule has 0 N–H and O–H groups in total. The molecule has 2 aromatic heterocycles. The molecule has 0 amide bonds. The van der Waals surface area contributed by atoms with E-state index in [-0.39, 0.29) is 0 Å². The lowest BCUT2D eigenvalue weighted by Gasteiger charge is -2.15. The first kappa shape index (κ1) is 24.5. The summed E-state index contributed by atoms with van der Waals surface area (Å²) >= 11 is 3.57. The predicted octanol–water partition coefficient (Wildman–Crippen LogP) is 11.2. The van der Waals surface area contributed by atoms with E-state index >= 15 is 0 Å². The molecule has 194 valence electrons. The fraction of sp³-hybridized carbons (Fsp3) is 0. The average molecular weight is 569 g/mol. The Morgan fingerprint density at radius 2 is 0.952 bits per heavy atom. The molecule has 0 aliphatic heterocycles. The summed E-state index contributed by atoms with van der Waals surface area (Å²) in [6.07, 6.45) is 0. The van der Waals surface area contributed by atoms with Crippen molar-refractivity contribution in [2.75, 3.05) is 0 Å². The maximum atomic E-state index is 10.6. The molecule has 0 radical (unpaired) electrons. The van der Waals surface area contributed by atoms with Gasteiger partial charge < -0.3 is 0 Å². The maximum Gasteiger partial charge on any atom is 0.100 e. The summed E-state index contributed by atoms with van der Waals surface area (Å²) in [5.74, 6) is 0. The fourth-order valence-electron chi connectivity index (χ4n) is 5.91. The van der Waals surface area contributed by atoms with Gasteiger partial charge in [-0.25, -0.2) is 0 Å². The van der Waals surface area contributed by atoms with Gasteiger partial charge in [0.1, 0.15) is 6.07 Å². The molecule has 0 saturated carbocycles. The van der Waals surface area contributed by atoms with Crippen LogP contribution in [0.3, 0.4) is 0 Å². The van der Waals surface area contributed by atoms with E-state index in [1.807, 2.05) is 24.3 Å². The first-order valence-electron chi connectivity index (χ1n) is 13.6. The second-order valence-electron chi connectivity index (χ2n) is 10.4. The number of nitriles is 2. The van der Waals surface area contributed by atoms with Crippen molar-refractivity contribution in [2.45, 2.75) is 0 Å². The Kier molecular flexibility index (Phi) is 5.66. The van der Waals surface area contributed by atoms with Crippen molar-refractivity contribution in [3.63, 3.8) is 0 Å². The Morgan fingerprint density at radius 1 is 0.405 bits per heavy atom. The van der Waals surface area contributed by atoms with Gasteiger partial charge in [0.05, 0.1) is 17.2 Å². The molecule has 2 nitrogen and oxygen atoms in total. The summed E-state index contributed by atoms with van der Waals surface area (Å²) in [5, 5.41) is 24.9. The van der Waals surface area contributed by atoms with Gasteiger partial charge in [-0.05, 0) is 76.9 Å². The van der Waals surface area contributed by atoms with Crippen molar-refractivity contribution in [2.24, 2.45) is 0 Å². The topological polar surface area (TPSA) is 47.6 Å². The Labute approximate surface area is 250 Å². The van der Waals surface area contributed by atoms with Crippen molar-refractivity contribution >= 4 is 63.0 Å². The summed E-state index contributed by atoms with van der Waals surface area (Å²) in [4.78, 5) is 0. The molecule has 4 heteroatoms. The Balaban J connectivity index is 1.39. The molecule has 0 aliphatic carbocycles. The molecule has 6 aromatic carbocycles. The van der Waals surface area contributed by atoms with Crippen molar-refractivity contribution < 1.29 is 0 Å². The van der Waals surface area contributed by atoms with Crippen molar-refractivity contribution in [3.8, 4) is 45.5 Å². The van der Waals surface area contributed by atoms with Crippen LogP contribution in [0.2, 0.25) is 0 Å². The molecule has 42 heavy (non-hydrogen) atoms. The van der Waals surface area contributed by atoms with E-state index < -0.39 is 0 Å². The van der Waals surface area contributed by atoms with Gasteiger partial charge in [0.25, 0.3) is 0 Å². The lowest BCUT2D eigenvalue weighted by Crippen LogP contribution is -1.93. The number of nitrogens with zero attached hydrogens (tertiary/aromatic N) is 2. The maximum absolute atomic E-state index is 10.6. The van der Waals surface area contributed by atoms with Crippen LogP contribution < -0.4 is 0 Å². The third-order valence-corrected chi connectivity index (χ3v) is 10.3. The SMILES string of the molecule is N#Cc1ccc(-c2cc(-c3ccc4c(c3)sc3ccccc34)c(C#N)c(-c3ccc4sc5ccccc5c4c3)c2)cc1. The van der Waals surface area contributed by atoms with Gasteiger partial charge in [0.15, 0.2) is 0 Å². The van der Waals surface area contributed by atoms with E-state index in [9.17, 15) is 10.5 Å². The number of hydrogen-bond donors (Lipinski definition) is 0. The third-order valence-electron chi connectivity index (χ3n) is 7.97. The van der Waals surface area contributed by atoms with Gasteiger partial charge in [-0.15, -0.1) is 22.7 Å². The number of fused-ring (bicyclic) bond motifs is 6. The molecule has 0 saturated heterocycles. The highest BCUT2D eigenvalue weighted by Gasteiger charge is 2.18. The van der Waals surface area contributed by atoms with Gasteiger partial charge >= 0.3 is 0 Å². The fourth-order valence-corrected chi connectivity index (χ4v) is 8.14.